The second-order valence-electron chi connectivity index (χ2n) is 3.10. The van der Waals surface area contributed by atoms with E-state index in [1.54, 1.807) is 10.9 Å². The Morgan fingerprint density at radius 3 is 2.43 bits per heavy atom. The Hall–Kier alpha value is -1.29. The number of aromatic nitrogens is 2. The standard InChI is InChI=1S/C10H10BrN3/c1-7-6-13-14(10(7)12)9-4-2-8(11)3-5-9/h2-6H,12H2,1H3. The minimum Gasteiger partial charge on any atom is -0.383 e. The van der Waals surface area contributed by atoms with Gasteiger partial charge in [-0.2, -0.15) is 5.10 Å². The fourth-order valence-corrected chi connectivity index (χ4v) is 1.49. The molecule has 1 aromatic heterocycles. The van der Waals surface area contributed by atoms with Gasteiger partial charge in [0.05, 0.1) is 11.9 Å². The largest absolute Gasteiger partial charge is 0.383 e. The molecule has 0 unspecified atom stereocenters. The van der Waals surface area contributed by atoms with Gasteiger partial charge in [0.2, 0.25) is 0 Å². The summed E-state index contributed by atoms with van der Waals surface area (Å²) in [6, 6.07) is 7.86. The first kappa shape index (κ1) is 9.27. The van der Waals surface area contributed by atoms with Gasteiger partial charge in [0.25, 0.3) is 0 Å². The molecule has 14 heavy (non-hydrogen) atoms. The maximum absolute atomic E-state index is 5.86. The molecule has 0 fully saturated rings. The van der Waals surface area contributed by atoms with Crippen molar-refractivity contribution in [2.24, 2.45) is 0 Å². The van der Waals surface area contributed by atoms with Crippen molar-refractivity contribution in [2.45, 2.75) is 6.92 Å². The maximum Gasteiger partial charge on any atom is 0.130 e. The molecule has 0 aliphatic heterocycles. The van der Waals surface area contributed by atoms with Gasteiger partial charge in [-0.05, 0) is 31.2 Å². The predicted octanol–water partition coefficient (Wildman–Crippen LogP) is 2.53. The molecule has 3 nitrogen and oxygen atoms in total. The van der Waals surface area contributed by atoms with E-state index in [1.807, 2.05) is 31.2 Å². The number of nitrogen functional groups attached to an aromatic ring is 1. The van der Waals surface area contributed by atoms with Crippen LogP contribution in [-0.2, 0) is 0 Å². The third-order valence-electron chi connectivity index (χ3n) is 2.07. The van der Waals surface area contributed by atoms with Crippen molar-refractivity contribution in [1.82, 2.24) is 9.78 Å². The van der Waals surface area contributed by atoms with E-state index in [2.05, 4.69) is 21.0 Å². The number of anilines is 1. The van der Waals surface area contributed by atoms with Gasteiger partial charge in [-0.1, -0.05) is 15.9 Å². The van der Waals surface area contributed by atoms with Crippen LogP contribution in [0.4, 0.5) is 5.82 Å². The van der Waals surface area contributed by atoms with Crippen LogP contribution in [0.2, 0.25) is 0 Å². The van der Waals surface area contributed by atoms with Gasteiger partial charge in [0, 0.05) is 10.0 Å². The Morgan fingerprint density at radius 1 is 1.29 bits per heavy atom. The fourth-order valence-electron chi connectivity index (χ4n) is 1.23. The second-order valence-corrected chi connectivity index (χ2v) is 4.02. The molecule has 1 aromatic carbocycles. The van der Waals surface area contributed by atoms with Crippen LogP contribution in [-0.4, -0.2) is 9.78 Å². The van der Waals surface area contributed by atoms with Gasteiger partial charge < -0.3 is 5.73 Å². The smallest absolute Gasteiger partial charge is 0.130 e. The van der Waals surface area contributed by atoms with Crippen LogP contribution in [0.5, 0.6) is 0 Å². The monoisotopic (exact) mass is 251 g/mol. The van der Waals surface area contributed by atoms with Crippen LogP contribution >= 0.6 is 15.9 Å². The molecular weight excluding hydrogens is 242 g/mol. The molecule has 0 aliphatic rings. The summed E-state index contributed by atoms with van der Waals surface area (Å²) < 4.78 is 2.77. The Morgan fingerprint density at radius 2 is 1.93 bits per heavy atom. The van der Waals surface area contributed by atoms with E-state index >= 15 is 0 Å². The number of aryl methyl sites for hydroxylation is 1. The molecule has 72 valence electrons. The van der Waals surface area contributed by atoms with Crippen molar-refractivity contribution < 1.29 is 0 Å². The molecule has 0 bridgehead atoms. The zero-order valence-corrected chi connectivity index (χ0v) is 9.32. The Bertz CT molecular complexity index is 445. The van der Waals surface area contributed by atoms with Gasteiger partial charge in [-0.25, -0.2) is 4.68 Å². The molecule has 2 N–H and O–H groups in total. The van der Waals surface area contributed by atoms with E-state index in [0.29, 0.717) is 5.82 Å². The average molecular weight is 252 g/mol. The zero-order valence-electron chi connectivity index (χ0n) is 7.74. The van der Waals surface area contributed by atoms with Crippen molar-refractivity contribution in [2.75, 3.05) is 5.73 Å². The van der Waals surface area contributed by atoms with Gasteiger partial charge in [-0.15, -0.1) is 0 Å². The van der Waals surface area contributed by atoms with Crippen molar-refractivity contribution >= 4 is 21.7 Å². The number of hydrogen-bond acceptors (Lipinski definition) is 2. The highest BCUT2D eigenvalue weighted by atomic mass is 79.9. The molecule has 1 heterocycles. The van der Waals surface area contributed by atoms with Crippen molar-refractivity contribution in [1.29, 1.82) is 0 Å². The molecule has 2 aromatic rings. The summed E-state index contributed by atoms with van der Waals surface area (Å²) in [5, 5.41) is 4.19. The predicted molar refractivity (Wildman–Crippen MR) is 60.4 cm³/mol. The third kappa shape index (κ3) is 1.53. The summed E-state index contributed by atoms with van der Waals surface area (Å²) in [6.07, 6.45) is 1.76. The minimum atomic E-state index is 0.687. The summed E-state index contributed by atoms with van der Waals surface area (Å²) in [4.78, 5) is 0. The van der Waals surface area contributed by atoms with Gasteiger partial charge in [-0.3, -0.25) is 0 Å². The molecule has 0 radical (unpaired) electrons. The molecule has 4 heteroatoms. The van der Waals surface area contributed by atoms with Crippen LogP contribution in [0.1, 0.15) is 5.56 Å². The highest BCUT2D eigenvalue weighted by Gasteiger charge is 2.04. The summed E-state index contributed by atoms with van der Waals surface area (Å²) in [6.45, 7) is 1.94. The number of nitrogens with two attached hydrogens (primary N) is 1. The van der Waals surface area contributed by atoms with Crippen LogP contribution in [0.25, 0.3) is 5.69 Å². The summed E-state index contributed by atoms with van der Waals surface area (Å²) in [7, 11) is 0. The van der Waals surface area contributed by atoms with Gasteiger partial charge in [0.1, 0.15) is 5.82 Å². The first-order valence-corrected chi connectivity index (χ1v) is 5.04. The SMILES string of the molecule is Cc1cnn(-c2ccc(Br)cc2)c1N. The first-order valence-electron chi connectivity index (χ1n) is 4.24. The summed E-state index contributed by atoms with van der Waals surface area (Å²) in [5.41, 5.74) is 7.83. The molecule has 0 saturated carbocycles. The van der Waals surface area contributed by atoms with Crippen LogP contribution < -0.4 is 5.73 Å². The van der Waals surface area contributed by atoms with Crippen LogP contribution in [0, 0.1) is 6.92 Å². The van der Waals surface area contributed by atoms with E-state index in [-0.39, 0.29) is 0 Å². The molecule has 0 saturated heterocycles. The maximum atomic E-state index is 5.86. The Balaban J connectivity index is 2.49. The lowest BCUT2D eigenvalue weighted by Gasteiger charge is -2.03. The van der Waals surface area contributed by atoms with Crippen molar-refractivity contribution in [3.8, 4) is 5.69 Å². The fraction of sp³-hybridized carbons (Fsp3) is 0.100. The number of hydrogen-bond donors (Lipinski definition) is 1. The Kier molecular flexibility index (Phi) is 2.29. The lowest BCUT2D eigenvalue weighted by Crippen LogP contribution is -2.01. The van der Waals surface area contributed by atoms with E-state index in [9.17, 15) is 0 Å². The summed E-state index contributed by atoms with van der Waals surface area (Å²) >= 11 is 3.38. The lowest BCUT2D eigenvalue weighted by atomic mass is 10.3. The van der Waals surface area contributed by atoms with E-state index < -0.39 is 0 Å². The van der Waals surface area contributed by atoms with E-state index in [4.69, 9.17) is 5.73 Å². The number of halogens is 1. The third-order valence-corrected chi connectivity index (χ3v) is 2.60. The average Bonchev–Trinajstić information content (AvgIpc) is 2.50. The van der Waals surface area contributed by atoms with E-state index in [0.717, 1.165) is 15.7 Å². The zero-order chi connectivity index (χ0) is 10.1. The number of rotatable bonds is 1. The molecule has 0 amide bonds. The topological polar surface area (TPSA) is 43.8 Å². The highest BCUT2D eigenvalue weighted by Crippen LogP contribution is 2.18. The molecule has 2 rings (SSSR count). The lowest BCUT2D eigenvalue weighted by molar-refractivity contribution is 0.891. The van der Waals surface area contributed by atoms with Crippen molar-refractivity contribution in [3.05, 3.63) is 40.5 Å². The number of nitrogens with zero attached hydrogens (tertiary/aromatic N) is 2. The van der Waals surface area contributed by atoms with E-state index in [1.165, 1.54) is 0 Å². The highest BCUT2D eigenvalue weighted by molar-refractivity contribution is 9.10. The van der Waals surface area contributed by atoms with Crippen molar-refractivity contribution in [3.63, 3.8) is 0 Å². The molecular formula is C10H10BrN3. The molecule has 0 atom stereocenters. The van der Waals surface area contributed by atoms with Gasteiger partial charge >= 0.3 is 0 Å². The number of benzene rings is 1. The molecule has 0 aliphatic carbocycles. The minimum absolute atomic E-state index is 0.687. The van der Waals surface area contributed by atoms with Crippen LogP contribution in [0.3, 0.4) is 0 Å². The normalized spacial score (nSPS) is 10.4. The quantitative estimate of drug-likeness (QED) is 0.847. The van der Waals surface area contributed by atoms with Crippen LogP contribution in [0.15, 0.2) is 34.9 Å². The summed E-state index contributed by atoms with van der Waals surface area (Å²) in [5.74, 6) is 0.687. The van der Waals surface area contributed by atoms with Gasteiger partial charge in [0.15, 0.2) is 0 Å². The molecule has 0 spiro atoms. The Labute approximate surface area is 90.7 Å². The second kappa shape index (κ2) is 3.46. The first-order chi connectivity index (χ1) is 6.68.